The van der Waals surface area contributed by atoms with Crippen molar-refractivity contribution in [3.05, 3.63) is 0 Å². The molecule has 0 aliphatic carbocycles. The molecule has 7 heteroatoms. The Hall–Kier alpha value is -1.63. The van der Waals surface area contributed by atoms with Crippen LogP contribution in [0.3, 0.4) is 0 Å². The molecule has 7 nitrogen and oxygen atoms in total. The van der Waals surface area contributed by atoms with Gasteiger partial charge >= 0.3 is 5.97 Å². The Morgan fingerprint density at radius 1 is 1.44 bits per heavy atom. The van der Waals surface area contributed by atoms with Crippen molar-refractivity contribution in [3.8, 4) is 0 Å². The summed E-state index contributed by atoms with van der Waals surface area (Å²) in [5.41, 5.74) is 4.95. The van der Waals surface area contributed by atoms with Crippen LogP contribution in [0.4, 0.5) is 0 Å². The number of carboxylic acid groups (broad SMARTS) is 1. The van der Waals surface area contributed by atoms with Gasteiger partial charge in [-0.1, -0.05) is 0 Å². The molecule has 1 saturated heterocycles. The van der Waals surface area contributed by atoms with Crippen LogP contribution >= 0.6 is 0 Å². The SMILES string of the molecule is NC(=O)CCC(NC(=O)CC1CCCN1)C(=O)O. The molecule has 1 aliphatic rings. The van der Waals surface area contributed by atoms with Gasteiger partial charge in [0.15, 0.2) is 0 Å². The van der Waals surface area contributed by atoms with Crippen molar-refractivity contribution in [1.29, 1.82) is 0 Å². The third kappa shape index (κ3) is 5.13. The fourth-order valence-corrected chi connectivity index (χ4v) is 1.95. The molecule has 1 aliphatic heterocycles. The minimum absolute atomic E-state index is 0.0223. The largest absolute Gasteiger partial charge is 0.480 e. The predicted molar refractivity (Wildman–Crippen MR) is 63.6 cm³/mol. The minimum atomic E-state index is -1.15. The van der Waals surface area contributed by atoms with Crippen molar-refractivity contribution in [2.45, 2.75) is 44.2 Å². The third-order valence-electron chi connectivity index (χ3n) is 2.91. The molecule has 0 aromatic carbocycles. The number of hydrogen-bond acceptors (Lipinski definition) is 4. The zero-order valence-electron chi connectivity index (χ0n) is 10.1. The van der Waals surface area contributed by atoms with Crippen LogP contribution in [0.25, 0.3) is 0 Å². The van der Waals surface area contributed by atoms with E-state index in [0.29, 0.717) is 0 Å². The maximum Gasteiger partial charge on any atom is 0.326 e. The molecule has 0 spiro atoms. The second-order valence-corrected chi connectivity index (χ2v) is 4.46. The quantitative estimate of drug-likeness (QED) is 0.464. The number of carbonyl (C=O) groups excluding carboxylic acids is 2. The molecule has 0 aromatic heterocycles. The van der Waals surface area contributed by atoms with Crippen LogP contribution in [0.1, 0.15) is 32.1 Å². The van der Waals surface area contributed by atoms with Gasteiger partial charge in [0, 0.05) is 18.9 Å². The normalized spacial score (nSPS) is 20.3. The van der Waals surface area contributed by atoms with E-state index in [4.69, 9.17) is 10.8 Å². The molecule has 0 bridgehead atoms. The summed E-state index contributed by atoms with van der Waals surface area (Å²) in [5, 5.41) is 14.5. The molecule has 5 N–H and O–H groups in total. The van der Waals surface area contributed by atoms with Gasteiger partial charge in [-0.3, -0.25) is 9.59 Å². The van der Waals surface area contributed by atoms with Gasteiger partial charge in [-0.2, -0.15) is 0 Å². The molecule has 1 rings (SSSR count). The second-order valence-electron chi connectivity index (χ2n) is 4.46. The summed E-state index contributed by atoms with van der Waals surface area (Å²) in [5.74, 6) is -2.04. The van der Waals surface area contributed by atoms with Crippen LogP contribution in [-0.2, 0) is 14.4 Å². The van der Waals surface area contributed by atoms with Gasteiger partial charge in [0.2, 0.25) is 11.8 Å². The smallest absolute Gasteiger partial charge is 0.326 e. The number of carboxylic acids is 1. The molecule has 0 saturated carbocycles. The van der Waals surface area contributed by atoms with E-state index in [-0.39, 0.29) is 31.2 Å². The maximum atomic E-state index is 11.6. The number of amides is 2. The van der Waals surface area contributed by atoms with Crippen LogP contribution in [0.5, 0.6) is 0 Å². The molecule has 2 unspecified atom stereocenters. The molecular weight excluding hydrogens is 238 g/mol. The molecule has 0 aromatic rings. The Morgan fingerprint density at radius 3 is 2.67 bits per heavy atom. The molecular formula is C11H19N3O4. The number of carbonyl (C=O) groups is 3. The van der Waals surface area contributed by atoms with Gasteiger partial charge in [-0.15, -0.1) is 0 Å². The zero-order chi connectivity index (χ0) is 13.5. The summed E-state index contributed by atoms with van der Waals surface area (Å²) in [6, 6.07) is -0.929. The van der Waals surface area contributed by atoms with Crippen molar-refractivity contribution < 1.29 is 19.5 Å². The number of nitrogens with two attached hydrogens (primary N) is 1. The molecule has 0 radical (unpaired) electrons. The number of primary amides is 1. The number of nitrogens with one attached hydrogen (secondary N) is 2. The van der Waals surface area contributed by atoms with E-state index in [2.05, 4.69) is 10.6 Å². The first-order chi connectivity index (χ1) is 8.49. The fourth-order valence-electron chi connectivity index (χ4n) is 1.95. The van der Waals surface area contributed by atoms with E-state index >= 15 is 0 Å². The van der Waals surface area contributed by atoms with E-state index in [1.807, 2.05) is 0 Å². The lowest BCUT2D eigenvalue weighted by molar-refractivity contribution is -0.142. The topological polar surface area (TPSA) is 122 Å². The summed E-state index contributed by atoms with van der Waals surface area (Å²) >= 11 is 0. The third-order valence-corrected chi connectivity index (χ3v) is 2.91. The van der Waals surface area contributed by atoms with E-state index in [9.17, 15) is 14.4 Å². The average Bonchev–Trinajstić information content (AvgIpc) is 2.76. The van der Waals surface area contributed by atoms with Crippen LogP contribution in [-0.4, -0.2) is 41.5 Å². The number of aliphatic carboxylic acids is 1. The first kappa shape index (κ1) is 14.4. The molecule has 2 atom stereocenters. The second kappa shape index (κ2) is 6.95. The van der Waals surface area contributed by atoms with Crippen molar-refractivity contribution in [2.24, 2.45) is 5.73 Å². The Bertz CT molecular complexity index is 326. The molecule has 1 fully saturated rings. The Morgan fingerprint density at radius 2 is 2.17 bits per heavy atom. The number of hydrogen-bond donors (Lipinski definition) is 4. The summed E-state index contributed by atoms with van der Waals surface area (Å²) in [4.78, 5) is 33.1. The predicted octanol–water partition coefficient (Wildman–Crippen LogP) is -1.04. The number of rotatable bonds is 7. The van der Waals surface area contributed by atoms with E-state index in [1.165, 1.54) is 0 Å². The lowest BCUT2D eigenvalue weighted by Crippen LogP contribution is -2.43. The van der Waals surface area contributed by atoms with Crippen LogP contribution in [0, 0.1) is 0 Å². The van der Waals surface area contributed by atoms with E-state index in [0.717, 1.165) is 19.4 Å². The standard InChI is InChI=1S/C11H19N3O4/c12-9(15)4-3-8(11(17)18)14-10(16)6-7-2-1-5-13-7/h7-8,13H,1-6H2,(H2,12,15)(H,14,16)(H,17,18). The van der Waals surface area contributed by atoms with Crippen molar-refractivity contribution in [2.75, 3.05) is 6.54 Å². The Balaban J connectivity index is 2.36. The van der Waals surface area contributed by atoms with Gasteiger partial charge in [0.05, 0.1) is 0 Å². The first-order valence-corrected chi connectivity index (χ1v) is 6.03. The lowest BCUT2D eigenvalue weighted by Gasteiger charge is -2.15. The highest BCUT2D eigenvalue weighted by molar-refractivity contribution is 5.84. The van der Waals surface area contributed by atoms with Crippen LogP contribution in [0.2, 0.25) is 0 Å². The highest BCUT2D eigenvalue weighted by atomic mass is 16.4. The summed E-state index contributed by atoms with van der Waals surface area (Å²) in [7, 11) is 0. The van der Waals surface area contributed by atoms with Gasteiger partial charge in [0.25, 0.3) is 0 Å². The maximum absolute atomic E-state index is 11.6. The first-order valence-electron chi connectivity index (χ1n) is 6.03. The molecule has 102 valence electrons. The van der Waals surface area contributed by atoms with E-state index < -0.39 is 17.9 Å². The summed E-state index contributed by atoms with van der Waals surface area (Å²) in [6.45, 7) is 0.891. The van der Waals surface area contributed by atoms with Crippen LogP contribution in [0.15, 0.2) is 0 Å². The fraction of sp³-hybridized carbons (Fsp3) is 0.727. The van der Waals surface area contributed by atoms with Gasteiger partial charge in [0.1, 0.15) is 6.04 Å². The van der Waals surface area contributed by atoms with Gasteiger partial charge in [-0.25, -0.2) is 4.79 Å². The van der Waals surface area contributed by atoms with Gasteiger partial charge < -0.3 is 21.5 Å². The highest BCUT2D eigenvalue weighted by Crippen LogP contribution is 2.09. The molecule has 18 heavy (non-hydrogen) atoms. The zero-order valence-corrected chi connectivity index (χ0v) is 10.1. The summed E-state index contributed by atoms with van der Waals surface area (Å²) < 4.78 is 0. The lowest BCUT2D eigenvalue weighted by atomic mass is 10.1. The summed E-state index contributed by atoms with van der Waals surface area (Å²) in [6.07, 6.45) is 2.18. The van der Waals surface area contributed by atoms with Crippen molar-refractivity contribution in [1.82, 2.24) is 10.6 Å². The van der Waals surface area contributed by atoms with Crippen molar-refractivity contribution >= 4 is 17.8 Å². The monoisotopic (exact) mass is 257 g/mol. The average molecular weight is 257 g/mol. The van der Waals surface area contributed by atoms with E-state index in [1.54, 1.807) is 0 Å². The van der Waals surface area contributed by atoms with Crippen LogP contribution < -0.4 is 16.4 Å². The van der Waals surface area contributed by atoms with Gasteiger partial charge in [-0.05, 0) is 25.8 Å². The minimum Gasteiger partial charge on any atom is -0.480 e. The molecule has 1 heterocycles. The molecule has 2 amide bonds. The van der Waals surface area contributed by atoms with Crippen molar-refractivity contribution in [3.63, 3.8) is 0 Å². The Kier molecular flexibility index (Phi) is 5.57. The Labute approximate surface area is 105 Å². The highest BCUT2D eigenvalue weighted by Gasteiger charge is 2.23.